The lowest BCUT2D eigenvalue weighted by atomic mass is 10.3. The summed E-state index contributed by atoms with van der Waals surface area (Å²) >= 11 is 2.03. The van der Waals surface area contributed by atoms with E-state index in [0.717, 1.165) is 5.37 Å². The Morgan fingerprint density at radius 3 is 2.86 bits per heavy atom. The molecule has 2 heteroatoms. The van der Waals surface area contributed by atoms with Crippen LogP contribution in [0.5, 0.6) is 0 Å². The highest BCUT2D eigenvalue weighted by Crippen LogP contribution is 2.22. The molecule has 1 rings (SSSR count). The molecule has 0 aromatic heterocycles. The van der Waals surface area contributed by atoms with E-state index in [-0.39, 0.29) is 0 Å². The molecule has 1 N–H and O–H groups in total. The van der Waals surface area contributed by atoms with Crippen molar-refractivity contribution >= 4 is 11.8 Å². The standard InChI is InChI=1S/C5H11NS/c1-6-5-3-2-4-7-5/h5-6H,2-4H2,1H3. The Bertz CT molecular complexity index is 50.0. The van der Waals surface area contributed by atoms with Crippen LogP contribution in [0.2, 0.25) is 0 Å². The lowest BCUT2D eigenvalue weighted by Crippen LogP contribution is -2.16. The highest BCUT2D eigenvalue weighted by atomic mass is 32.2. The quantitative estimate of drug-likeness (QED) is 0.551. The van der Waals surface area contributed by atoms with E-state index in [4.69, 9.17) is 0 Å². The molecule has 0 radical (unpaired) electrons. The molecule has 1 aliphatic rings. The number of hydrogen-bond donors (Lipinski definition) is 1. The maximum absolute atomic E-state index is 3.23. The number of rotatable bonds is 1. The average molecular weight is 117 g/mol. The molecule has 1 unspecified atom stereocenters. The number of nitrogens with one attached hydrogen (secondary N) is 1. The molecule has 0 saturated carbocycles. The van der Waals surface area contributed by atoms with Gasteiger partial charge in [0.05, 0.1) is 5.37 Å². The molecule has 0 aromatic carbocycles. The van der Waals surface area contributed by atoms with E-state index in [9.17, 15) is 0 Å². The predicted molar refractivity (Wildman–Crippen MR) is 34.5 cm³/mol. The van der Waals surface area contributed by atoms with Crippen molar-refractivity contribution in [3.63, 3.8) is 0 Å². The first-order valence-corrected chi connectivity index (χ1v) is 3.77. The summed E-state index contributed by atoms with van der Waals surface area (Å²) in [7, 11) is 2.03. The Morgan fingerprint density at radius 2 is 2.57 bits per heavy atom. The summed E-state index contributed by atoms with van der Waals surface area (Å²) in [4.78, 5) is 0. The molecule has 1 atom stereocenters. The molecular formula is C5H11NS. The van der Waals surface area contributed by atoms with Gasteiger partial charge in [-0.25, -0.2) is 0 Å². The smallest absolute Gasteiger partial charge is 0.0529 e. The summed E-state index contributed by atoms with van der Waals surface area (Å²) in [5.41, 5.74) is 0. The van der Waals surface area contributed by atoms with E-state index in [2.05, 4.69) is 5.32 Å². The summed E-state index contributed by atoms with van der Waals surface area (Å²) in [6, 6.07) is 0. The molecule has 7 heavy (non-hydrogen) atoms. The second kappa shape index (κ2) is 2.58. The number of thioether (sulfide) groups is 1. The Morgan fingerprint density at radius 1 is 1.71 bits per heavy atom. The van der Waals surface area contributed by atoms with Crippen molar-refractivity contribution in [2.45, 2.75) is 18.2 Å². The van der Waals surface area contributed by atoms with Gasteiger partial charge < -0.3 is 5.32 Å². The molecule has 0 spiro atoms. The molecule has 1 saturated heterocycles. The zero-order chi connectivity index (χ0) is 5.11. The van der Waals surface area contributed by atoms with Crippen LogP contribution in [0.4, 0.5) is 0 Å². The van der Waals surface area contributed by atoms with E-state index in [1.165, 1.54) is 18.6 Å². The van der Waals surface area contributed by atoms with E-state index >= 15 is 0 Å². The maximum atomic E-state index is 3.23. The summed E-state index contributed by atoms with van der Waals surface area (Å²) in [6.07, 6.45) is 2.76. The molecule has 0 aliphatic carbocycles. The minimum Gasteiger partial charge on any atom is -0.308 e. The molecule has 42 valence electrons. The van der Waals surface area contributed by atoms with E-state index < -0.39 is 0 Å². The van der Waals surface area contributed by atoms with Gasteiger partial charge in [-0.15, -0.1) is 11.8 Å². The van der Waals surface area contributed by atoms with Crippen LogP contribution in [0.15, 0.2) is 0 Å². The third-order valence-electron chi connectivity index (χ3n) is 1.25. The zero-order valence-electron chi connectivity index (χ0n) is 4.61. The van der Waals surface area contributed by atoms with Crippen LogP contribution in [0, 0.1) is 0 Å². The number of hydrogen-bond acceptors (Lipinski definition) is 2. The van der Waals surface area contributed by atoms with Crippen LogP contribution in [0.1, 0.15) is 12.8 Å². The normalized spacial score (nSPS) is 31.3. The van der Waals surface area contributed by atoms with E-state index in [0.29, 0.717) is 0 Å². The molecular weight excluding hydrogens is 106 g/mol. The first kappa shape index (κ1) is 5.45. The fraction of sp³-hybridized carbons (Fsp3) is 1.00. The van der Waals surface area contributed by atoms with Crippen molar-refractivity contribution in [1.82, 2.24) is 5.32 Å². The highest BCUT2D eigenvalue weighted by molar-refractivity contribution is 8.00. The minimum atomic E-state index is 0.764. The van der Waals surface area contributed by atoms with Gasteiger partial charge in [0.1, 0.15) is 0 Å². The fourth-order valence-corrected chi connectivity index (χ4v) is 1.92. The van der Waals surface area contributed by atoms with Crippen LogP contribution in [0.25, 0.3) is 0 Å². The topological polar surface area (TPSA) is 12.0 Å². The van der Waals surface area contributed by atoms with Crippen molar-refractivity contribution in [2.75, 3.05) is 12.8 Å². The monoisotopic (exact) mass is 117 g/mol. The van der Waals surface area contributed by atoms with Crippen molar-refractivity contribution in [3.8, 4) is 0 Å². The van der Waals surface area contributed by atoms with Crippen LogP contribution < -0.4 is 5.32 Å². The predicted octanol–water partition coefficient (Wildman–Crippen LogP) is 1.06. The Kier molecular flexibility index (Phi) is 2.00. The van der Waals surface area contributed by atoms with Gasteiger partial charge >= 0.3 is 0 Å². The van der Waals surface area contributed by atoms with E-state index in [1.54, 1.807) is 0 Å². The summed E-state index contributed by atoms with van der Waals surface area (Å²) in [5.74, 6) is 1.35. The molecule has 1 nitrogen and oxygen atoms in total. The van der Waals surface area contributed by atoms with Crippen molar-refractivity contribution in [3.05, 3.63) is 0 Å². The molecule has 1 heterocycles. The van der Waals surface area contributed by atoms with Crippen molar-refractivity contribution in [1.29, 1.82) is 0 Å². The van der Waals surface area contributed by atoms with Gasteiger partial charge in [-0.1, -0.05) is 0 Å². The molecule has 0 amide bonds. The molecule has 0 bridgehead atoms. The highest BCUT2D eigenvalue weighted by Gasteiger charge is 2.11. The molecule has 0 aromatic rings. The lowest BCUT2D eigenvalue weighted by Gasteiger charge is -2.02. The second-order valence-corrected chi connectivity index (χ2v) is 3.10. The van der Waals surface area contributed by atoms with Crippen molar-refractivity contribution < 1.29 is 0 Å². The maximum Gasteiger partial charge on any atom is 0.0529 e. The van der Waals surface area contributed by atoms with Crippen LogP contribution in [-0.4, -0.2) is 18.2 Å². The third-order valence-corrected chi connectivity index (χ3v) is 2.65. The van der Waals surface area contributed by atoms with E-state index in [1.807, 2.05) is 18.8 Å². The average Bonchev–Trinajstić information content (AvgIpc) is 2.14. The van der Waals surface area contributed by atoms with Crippen LogP contribution in [0.3, 0.4) is 0 Å². The summed E-state index contributed by atoms with van der Waals surface area (Å²) in [6.45, 7) is 0. The third kappa shape index (κ3) is 1.35. The van der Waals surface area contributed by atoms with Crippen LogP contribution >= 0.6 is 11.8 Å². The molecule has 1 fully saturated rings. The first-order valence-electron chi connectivity index (χ1n) is 2.72. The summed E-state index contributed by atoms with van der Waals surface area (Å²) < 4.78 is 0. The Balaban J connectivity index is 2.14. The first-order chi connectivity index (χ1) is 3.43. The zero-order valence-corrected chi connectivity index (χ0v) is 5.42. The Labute approximate surface area is 48.9 Å². The van der Waals surface area contributed by atoms with Gasteiger partial charge in [0.2, 0.25) is 0 Å². The van der Waals surface area contributed by atoms with Gasteiger partial charge in [0.15, 0.2) is 0 Å². The van der Waals surface area contributed by atoms with Gasteiger partial charge in [0, 0.05) is 0 Å². The summed E-state index contributed by atoms with van der Waals surface area (Å²) in [5, 5.41) is 3.99. The minimum absolute atomic E-state index is 0.764. The van der Waals surface area contributed by atoms with Gasteiger partial charge in [-0.2, -0.15) is 0 Å². The van der Waals surface area contributed by atoms with Gasteiger partial charge in [-0.05, 0) is 25.6 Å². The molecule has 1 aliphatic heterocycles. The lowest BCUT2D eigenvalue weighted by molar-refractivity contribution is 0.698. The van der Waals surface area contributed by atoms with Crippen LogP contribution in [-0.2, 0) is 0 Å². The SMILES string of the molecule is CNC1CCCS1. The van der Waals surface area contributed by atoms with Crippen molar-refractivity contribution in [2.24, 2.45) is 0 Å². The largest absolute Gasteiger partial charge is 0.308 e. The van der Waals surface area contributed by atoms with Gasteiger partial charge in [-0.3, -0.25) is 0 Å². The Hall–Kier alpha value is 0.310. The van der Waals surface area contributed by atoms with Gasteiger partial charge in [0.25, 0.3) is 0 Å². The second-order valence-electron chi connectivity index (χ2n) is 1.79. The fourth-order valence-electron chi connectivity index (χ4n) is 0.805.